The molecular formula is C14H16F3NO2. The third-order valence-electron chi connectivity index (χ3n) is 3.21. The van der Waals surface area contributed by atoms with Crippen LogP contribution in [0.4, 0.5) is 13.2 Å². The van der Waals surface area contributed by atoms with Crippen LogP contribution in [-0.4, -0.2) is 24.8 Å². The molecule has 2 rings (SSSR count). The minimum atomic E-state index is -4.54. The summed E-state index contributed by atoms with van der Waals surface area (Å²) in [5.74, 6) is -0.702. The standard InChI is InChI=1S/C14H16F3NO2/c1-9-4-2-5-10(8-9)12(14(15,16)17)18-13(19)11-6-3-7-20-11/h2,4-5,8,11-12H,3,6-7H2,1H3,(H,18,19)/t11-,12?/m0/s1. The van der Waals surface area contributed by atoms with Crippen LogP contribution in [0.15, 0.2) is 24.3 Å². The second kappa shape index (κ2) is 5.83. The molecule has 1 aliphatic rings. The highest BCUT2D eigenvalue weighted by atomic mass is 19.4. The van der Waals surface area contributed by atoms with Gasteiger partial charge in [0, 0.05) is 6.61 Å². The van der Waals surface area contributed by atoms with E-state index in [9.17, 15) is 18.0 Å². The Bertz CT molecular complexity index is 482. The van der Waals surface area contributed by atoms with E-state index in [1.165, 1.54) is 12.1 Å². The molecule has 1 amide bonds. The number of benzene rings is 1. The molecule has 1 fully saturated rings. The first kappa shape index (κ1) is 14.8. The summed E-state index contributed by atoms with van der Waals surface area (Å²) in [5, 5.41) is 2.05. The largest absolute Gasteiger partial charge is 0.412 e. The zero-order chi connectivity index (χ0) is 14.8. The molecule has 1 heterocycles. The van der Waals surface area contributed by atoms with E-state index in [4.69, 9.17) is 4.74 Å². The van der Waals surface area contributed by atoms with Crippen molar-refractivity contribution in [3.63, 3.8) is 0 Å². The summed E-state index contributed by atoms with van der Waals surface area (Å²) in [7, 11) is 0. The van der Waals surface area contributed by atoms with Crippen LogP contribution in [0.2, 0.25) is 0 Å². The third kappa shape index (κ3) is 3.50. The lowest BCUT2D eigenvalue weighted by Gasteiger charge is -2.23. The number of halogens is 3. The molecule has 0 radical (unpaired) electrons. The number of carbonyl (C=O) groups excluding carboxylic acids is 1. The molecule has 0 bridgehead atoms. The summed E-state index contributed by atoms with van der Waals surface area (Å²) in [4.78, 5) is 11.8. The Morgan fingerprint density at radius 1 is 1.45 bits per heavy atom. The normalized spacial score (nSPS) is 20.7. The lowest BCUT2D eigenvalue weighted by atomic mass is 10.0. The lowest BCUT2D eigenvalue weighted by molar-refractivity contribution is -0.166. The Morgan fingerprint density at radius 3 is 2.75 bits per heavy atom. The lowest BCUT2D eigenvalue weighted by Crippen LogP contribution is -2.42. The third-order valence-corrected chi connectivity index (χ3v) is 3.21. The van der Waals surface area contributed by atoms with E-state index in [0.717, 1.165) is 0 Å². The summed E-state index contributed by atoms with van der Waals surface area (Å²) < 4.78 is 44.5. The van der Waals surface area contributed by atoms with Gasteiger partial charge in [-0.2, -0.15) is 13.2 Å². The van der Waals surface area contributed by atoms with Crippen molar-refractivity contribution >= 4 is 5.91 Å². The Balaban J connectivity index is 2.18. The predicted molar refractivity (Wildman–Crippen MR) is 67.1 cm³/mol. The van der Waals surface area contributed by atoms with Crippen LogP contribution in [0, 0.1) is 6.92 Å². The van der Waals surface area contributed by atoms with Gasteiger partial charge in [-0.15, -0.1) is 0 Å². The second-order valence-electron chi connectivity index (χ2n) is 4.90. The van der Waals surface area contributed by atoms with Crippen molar-refractivity contribution in [2.45, 2.75) is 38.1 Å². The zero-order valence-corrected chi connectivity index (χ0v) is 11.0. The number of rotatable bonds is 3. The van der Waals surface area contributed by atoms with Gasteiger partial charge in [0.15, 0.2) is 6.04 Å². The highest BCUT2D eigenvalue weighted by molar-refractivity contribution is 5.81. The average Bonchev–Trinajstić information content (AvgIpc) is 2.88. The molecule has 1 aromatic carbocycles. The van der Waals surface area contributed by atoms with Crippen LogP contribution in [0.25, 0.3) is 0 Å². The average molecular weight is 287 g/mol. The van der Waals surface area contributed by atoms with E-state index >= 15 is 0 Å². The van der Waals surface area contributed by atoms with Crippen molar-refractivity contribution in [3.8, 4) is 0 Å². The van der Waals surface area contributed by atoms with E-state index in [-0.39, 0.29) is 5.56 Å². The van der Waals surface area contributed by atoms with Gasteiger partial charge in [-0.25, -0.2) is 0 Å². The molecule has 0 aliphatic carbocycles. The topological polar surface area (TPSA) is 38.3 Å². The summed E-state index contributed by atoms with van der Waals surface area (Å²) >= 11 is 0. The smallest absolute Gasteiger partial charge is 0.368 e. The maximum absolute atomic E-state index is 13.1. The first-order valence-electron chi connectivity index (χ1n) is 6.43. The van der Waals surface area contributed by atoms with Crippen molar-refractivity contribution < 1.29 is 22.7 Å². The highest BCUT2D eigenvalue weighted by Crippen LogP contribution is 2.33. The molecule has 1 unspecified atom stereocenters. The fourth-order valence-electron chi connectivity index (χ4n) is 2.22. The Kier molecular flexibility index (Phi) is 4.32. The van der Waals surface area contributed by atoms with E-state index in [0.29, 0.717) is 25.0 Å². The minimum Gasteiger partial charge on any atom is -0.368 e. The number of aryl methyl sites for hydroxylation is 1. The van der Waals surface area contributed by atoms with E-state index < -0.39 is 24.2 Å². The first-order chi connectivity index (χ1) is 9.38. The van der Waals surface area contributed by atoms with Crippen LogP contribution in [0.5, 0.6) is 0 Å². The molecule has 3 nitrogen and oxygen atoms in total. The van der Waals surface area contributed by atoms with Gasteiger partial charge >= 0.3 is 6.18 Å². The molecule has 1 N–H and O–H groups in total. The molecule has 2 atom stereocenters. The van der Waals surface area contributed by atoms with Gasteiger partial charge < -0.3 is 10.1 Å². The number of nitrogens with one attached hydrogen (secondary N) is 1. The Morgan fingerprint density at radius 2 is 2.20 bits per heavy atom. The predicted octanol–water partition coefficient (Wildman–Crippen LogP) is 2.89. The van der Waals surface area contributed by atoms with Crippen molar-refractivity contribution in [2.75, 3.05) is 6.61 Å². The van der Waals surface area contributed by atoms with Gasteiger partial charge in [-0.05, 0) is 25.3 Å². The Hall–Kier alpha value is -1.56. The number of amides is 1. The van der Waals surface area contributed by atoms with Crippen LogP contribution in [-0.2, 0) is 9.53 Å². The van der Waals surface area contributed by atoms with Crippen molar-refractivity contribution in [2.24, 2.45) is 0 Å². The SMILES string of the molecule is Cc1cccc(C(NC(=O)[C@@H]2CCCO2)C(F)(F)F)c1. The van der Waals surface area contributed by atoms with Gasteiger partial charge in [0.25, 0.3) is 0 Å². The van der Waals surface area contributed by atoms with E-state index in [2.05, 4.69) is 5.32 Å². The van der Waals surface area contributed by atoms with Crippen molar-refractivity contribution in [1.29, 1.82) is 0 Å². The van der Waals surface area contributed by atoms with Crippen molar-refractivity contribution in [1.82, 2.24) is 5.32 Å². The van der Waals surface area contributed by atoms with Gasteiger partial charge in [-0.3, -0.25) is 4.79 Å². The molecule has 0 saturated carbocycles. The van der Waals surface area contributed by atoms with Crippen LogP contribution < -0.4 is 5.32 Å². The molecule has 0 aromatic heterocycles. The maximum atomic E-state index is 13.1. The summed E-state index contributed by atoms with van der Waals surface area (Å²) in [6, 6.07) is 4.04. The van der Waals surface area contributed by atoms with Gasteiger partial charge in [0.2, 0.25) is 5.91 Å². The first-order valence-corrected chi connectivity index (χ1v) is 6.43. The fourth-order valence-corrected chi connectivity index (χ4v) is 2.22. The van der Waals surface area contributed by atoms with E-state index in [1.807, 2.05) is 0 Å². The number of alkyl halides is 3. The van der Waals surface area contributed by atoms with Gasteiger partial charge in [0.1, 0.15) is 6.10 Å². The van der Waals surface area contributed by atoms with Gasteiger partial charge in [0.05, 0.1) is 0 Å². The highest BCUT2D eigenvalue weighted by Gasteiger charge is 2.43. The van der Waals surface area contributed by atoms with Crippen LogP contribution >= 0.6 is 0 Å². The monoisotopic (exact) mass is 287 g/mol. The summed E-state index contributed by atoms with van der Waals surface area (Å²) in [6.07, 6.45) is -4.16. The van der Waals surface area contributed by atoms with Crippen LogP contribution in [0.1, 0.15) is 30.0 Å². The molecular weight excluding hydrogens is 271 g/mol. The number of hydrogen-bond donors (Lipinski definition) is 1. The van der Waals surface area contributed by atoms with Gasteiger partial charge in [-0.1, -0.05) is 29.8 Å². The molecule has 6 heteroatoms. The van der Waals surface area contributed by atoms with E-state index in [1.54, 1.807) is 19.1 Å². The number of hydrogen-bond acceptors (Lipinski definition) is 2. The van der Waals surface area contributed by atoms with Crippen molar-refractivity contribution in [3.05, 3.63) is 35.4 Å². The quantitative estimate of drug-likeness (QED) is 0.928. The molecule has 110 valence electrons. The molecule has 1 saturated heterocycles. The summed E-state index contributed by atoms with van der Waals surface area (Å²) in [6.45, 7) is 2.12. The minimum absolute atomic E-state index is 0.0313. The van der Waals surface area contributed by atoms with Crippen LogP contribution in [0.3, 0.4) is 0 Å². The molecule has 1 aliphatic heterocycles. The number of ether oxygens (including phenoxy) is 1. The summed E-state index contributed by atoms with van der Waals surface area (Å²) in [5.41, 5.74) is 0.743. The molecule has 1 aromatic rings. The molecule has 20 heavy (non-hydrogen) atoms. The number of carbonyl (C=O) groups is 1. The maximum Gasteiger partial charge on any atom is 0.412 e. The Labute approximate surface area is 115 Å². The molecule has 0 spiro atoms. The second-order valence-corrected chi connectivity index (χ2v) is 4.90. The zero-order valence-electron chi connectivity index (χ0n) is 11.0. The fraction of sp³-hybridized carbons (Fsp3) is 0.500.